The number of aromatic nitrogens is 2. The monoisotopic (exact) mass is 287 g/mol. The van der Waals surface area contributed by atoms with Gasteiger partial charge in [0.2, 0.25) is 0 Å². The van der Waals surface area contributed by atoms with Crippen LogP contribution in [0.1, 0.15) is 5.69 Å². The first-order chi connectivity index (χ1) is 10.3. The van der Waals surface area contributed by atoms with Crippen LogP contribution in [0.3, 0.4) is 0 Å². The van der Waals surface area contributed by atoms with Gasteiger partial charge in [-0.05, 0) is 18.2 Å². The number of aliphatic imine (C=N–C) groups is 1. The second-order valence-electron chi connectivity index (χ2n) is 4.43. The Labute approximate surface area is 124 Å². The highest BCUT2D eigenvalue weighted by Crippen LogP contribution is 2.06. The van der Waals surface area contributed by atoms with Gasteiger partial charge in [-0.15, -0.1) is 0 Å². The lowest BCUT2D eigenvalue weighted by Crippen LogP contribution is -2.38. The van der Waals surface area contributed by atoms with E-state index in [4.69, 9.17) is 4.74 Å². The molecule has 0 unspecified atom stereocenters. The van der Waals surface area contributed by atoms with Gasteiger partial charge in [-0.3, -0.25) is 4.99 Å². The third kappa shape index (κ3) is 4.61. The van der Waals surface area contributed by atoms with Crippen molar-refractivity contribution in [3.8, 4) is 5.69 Å². The highest BCUT2D eigenvalue weighted by Gasteiger charge is 2.02. The van der Waals surface area contributed by atoms with Crippen molar-refractivity contribution >= 4 is 5.96 Å². The normalized spacial score (nSPS) is 11.4. The maximum absolute atomic E-state index is 4.99. The lowest BCUT2D eigenvalue weighted by Gasteiger charge is -2.10. The van der Waals surface area contributed by atoms with Gasteiger partial charge in [0.15, 0.2) is 5.96 Å². The Hall–Kier alpha value is -2.34. The van der Waals surface area contributed by atoms with E-state index in [-0.39, 0.29) is 0 Å². The predicted molar refractivity (Wildman–Crippen MR) is 83.6 cm³/mol. The van der Waals surface area contributed by atoms with Crippen LogP contribution in [0.5, 0.6) is 0 Å². The number of guanidine groups is 1. The first-order valence-corrected chi connectivity index (χ1v) is 6.87. The van der Waals surface area contributed by atoms with E-state index in [9.17, 15) is 0 Å². The molecule has 0 atom stereocenters. The molecule has 0 aliphatic rings. The zero-order chi connectivity index (χ0) is 14.9. The van der Waals surface area contributed by atoms with Crippen molar-refractivity contribution in [2.24, 2.45) is 4.99 Å². The minimum Gasteiger partial charge on any atom is -0.383 e. The highest BCUT2D eigenvalue weighted by molar-refractivity contribution is 5.79. The van der Waals surface area contributed by atoms with Gasteiger partial charge in [0.25, 0.3) is 0 Å². The molecule has 112 valence electrons. The number of nitrogens with zero attached hydrogens (tertiary/aromatic N) is 3. The lowest BCUT2D eigenvalue weighted by atomic mass is 10.3. The van der Waals surface area contributed by atoms with Gasteiger partial charge in [0.1, 0.15) is 0 Å². The molecule has 0 aliphatic heterocycles. The highest BCUT2D eigenvalue weighted by atomic mass is 16.5. The van der Waals surface area contributed by atoms with Crippen LogP contribution in [0.2, 0.25) is 0 Å². The standard InChI is InChI=1S/C15H21N5O/c1-16-15(17-9-11-21-2)18-12-13-8-10-20(19-13)14-6-4-3-5-7-14/h3-8,10H,9,11-12H2,1-2H3,(H2,16,17,18). The molecular weight excluding hydrogens is 266 g/mol. The number of ether oxygens (including phenoxy) is 1. The molecule has 0 saturated carbocycles. The van der Waals surface area contributed by atoms with Crippen molar-refractivity contribution in [2.75, 3.05) is 27.3 Å². The van der Waals surface area contributed by atoms with Crippen LogP contribution in [-0.4, -0.2) is 43.0 Å². The summed E-state index contributed by atoms with van der Waals surface area (Å²) in [5.74, 6) is 0.737. The maximum atomic E-state index is 4.99. The SMILES string of the molecule is CN=C(NCCOC)NCc1ccn(-c2ccccc2)n1. The van der Waals surface area contributed by atoms with E-state index in [2.05, 4.69) is 20.7 Å². The fourth-order valence-corrected chi connectivity index (χ4v) is 1.85. The van der Waals surface area contributed by atoms with Gasteiger partial charge >= 0.3 is 0 Å². The summed E-state index contributed by atoms with van der Waals surface area (Å²) >= 11 is 0. The summed E-state index contributed by atoms with van der Waals surface area (Å²) in [5.41, 5.74) is 2.00. The molecule has 0 amide bonds. The number of para-hydroxylation sites is 1. The summed E-state index contributed by atoms with van der Waals surface area (Å²) in [6, 6.07) is 12.0. The van der Waals surface area contributed by atoms with Gasteiger partial charge < -0.3 is 15.4 Å². The fourth-order valence-electron chi connectivity index (χ4n) is 1.85. The first kappa shape index (κ1) is 15.1. The van der Waals surface area contributed by atoms with Gasteiger partial charge in [0, 0.05) is 26.9 Å². The van der Waals surface area contributed by atoms with Crippen LogP contribution in [-0.2, 0) is 11.3 Å². The molecule has 0 saturated heterocycles. The van der Waals surface area contributed by atoms with Gasteiger partial charge in [0.05, 0.1) is 24.5 Å². The van der Waals surface area contributed by atoms with Crippen molar-refractivity contribution in [3.63, 3.8) is 0 Å². The summed E-state index contributed by atoms with van der Waals surface area (Å²) in [5, 5.41) is 10.9. The number of methoxy groups -OCH3 is 1. The second-order valence-corrected chi connectivity index (χ2v) is 4.43. The molecule has 2 aromatic rings. The summed E-state index contributed by atoms with van der Waals surface area (Å²) < 4.78 is 6.85. The fraction of sp³-hybridized carbons (Fsp3) is 0.333. The van der Waals surface area contributed by atoms with E-state index in [1.807, 2.05) is 47.3 Å². The Morgan fingerprint density at radius 2 is 2.05 bits per heavy atom. The minimum atomic E-state index is 0.618. The molecule has 6 nitrogen and oxygen atoms in total. The summed E-state index contributed by atoms with van der Waals surface area (Å²) in [7, 11) is 3.42. The van der Waals surface area contributed by atoms with Crippen LogP contribution in [0.25, 0.3) is 5.69 Å². The van der Waals surface area contributed by atoms with E-state index in [1.165, 1.54) is 0 Å². The predicted octanol–water partition coefficient (Wildman–Crippen LogP) is 1.18. The Kier molecular flexibility index (Phi) is 5.78. The summed E-state index contributed by atoms with van der Waals surface area (Å²) in [4.78, 5) is 4.14. The second kappa shape index (κ2) is 8.06. The summed E-state index contributed by atoms with van der Waals surface area (Å²) in [6.45, 7) is 1.98. The van der Waals surface area contributed by atoms with Crippen LogP contribution in [0, 0.1) is 0 Å². The zero-order valence-electron chi connectivity index (χ0n) is 12.4. The molecule has 2 rings (SSSR count). The van der Waals surface area contributed by atoms with Crippen molar-refractivity contribution < 1.29 is 4.74 Å². The molecule has 0 fully saturated rings. The van der Waals surface area contributed by atoms with Crippen LogP contribution < -0.4 is 10.6 Å². The van der Waals surface area contributed by atoms with Gasteiger partial charge in [-0.1, -0.05) is 18.2 Å². The van der Waals surface area contributed by atoms with Gasteiger partial charge in [-0.25, -0.2) is 4.68 Å². The quantitative estimate of drug-likeness (QED) is 0.476. The van der Waals surface area contributed by atoms with Gasteiger partial charge in [-0.2, -0.15) is 5.10 Å². The first-order valence-electron chi connectivity index (χ1n) is 6.87. The number of hydrogen-bond donors (Lipinski definition) is 2. The lowest BCUT2D eigenvalue weighted by molar-refractivity contribution is 0.203. The number of benzene rings is 1. The van der Waals surface area contributed by atoms with E-state index in [1.54, 1.807) is 14.2 Å². The van der Waals surface area contributed by atoms with Crippen molar-refractivity contribution in [3.05, 3.63) is 48.3 Å². The molecule has 2 N–H and O–H groups in total. The largest absolute Gasteiger partial charge is 0.383 e. The zero-order valence-corrected chi connectivity index (χ0v) is 12.4. The van der Waals surface area contributed by atoms with Crippen LogP contribution >= 0.6 is 0 Å². The molecule has 1 heterocycles. The third-order valence-electron chi connectivity index (χ3n) is 2.92. The summed E-state index contributed by atoms with van der Waals surface area (Å²) in [6.07, 6.45) is 1.95. The van der Waals surface area contributed by atoms with Crippen LogP contribution in [0.15, 0.2) is 47.6 Å². The van der Waals surface area contributed by atoms with Crippen molar-refractivity contribution in [1.82, 2.24) is 20.4 Å². The van der Waals surface area contributed by atoms with E-state index in [0.29, 0.717) is 19.7 Å². The van der Waals surface area contributed by atoms with Crippen molar-refractivity contribution in [1.29, 1.82) is 0 Å². The minimum absolute atomic E-state index is 0.618. The molecular formula is C15H21N5O. The van der Waals surface area contributed by atoms with E-state index in [0.717, 1.165) is 17.3 Å². The number of hydrogen-bond acceptors (Lipinski definition) is 3. The molecule has 1 aromatic carbocycles. The Morgan fingerprint density at radius 3 is 2.76 bits per heavy atom. The smallest absolute Gasteiger partial charge is 0.191 e. The molecule has 0 aliphatic carbocycles. The molecule has 0 bridgehead atoms. The molecule has 21 heavy (non-hydrogen) atoms. The Balaban J connectivity index is 1.88. The third-order valence-corrected chi connectivity index (χ3v) is 2.92. The van der Waals surface area contributed by atoms with E-state index < -0.39 is 0 Å². The van der Waals surface area contributed by atoms with Crippen LogP contribution in [0.4, 0.5) is 0 Å². The molecule has 0 radical (unpaired) electrons. The van der Waals surface area contributed by atoms with E-state index >= 15 is 0 Å². The molecule has 0 spiro atoms. The average molecular weight is 287 g/mol. The van der Waals surface area contributed by atoms with Crippen molar-refractivity contribution in [2.45, 2.75) is 6.54 Å². The Bertz CT molecular complexity index is 564. The Morgan fingerprint density at radius 1 is 1.24 bits per heavy atom. The average Bonchev–Trinajstić information content (AvgIpc) is 3.00. The number of nitrogens with one attached hydrogen (secondary N) is 2. The molecule has 6 heteroatoms. The molecule has 1 aromatic heterocycles. The maximum Gasteiger partial charge on any atom is 0.191 e. The number of rotatable bonds is 6. The topological polar surface area (TPSA) is 63.5 Å².